The fourth-order valence-corrected chi connectivity index (χ4v) is 5.28. The molecule has 184 valence electrons. The topological polar surface area (TPSA) is 52.0 Å². The number of halogens is 4. The summed E-state index contributed by atoms with van der Waals surface area (Å²) in [6.45, 7) is 1.20. The lowest BCUT2D eigenvalue weighted by Crippen LogP contribution is -2.28. The van der Waals surface area contributed by atoms with Gasteiger partial charge in [-0.1, -0.05) is 88.9 Å². The van der Waals surface area contributed by atoms with E-state index in [4.69, 9.17) is 51.4 Å². The van der Waals surface area contributed by atoms with Crippen LogP contribution in [0.4, 0.5) is 11.5 Å². The first-order chi connectivity index (χ1) is 17.9. The number of likely N-dealkylation sites (N-methyl/N-ethyl adjacent to an activating group) is 1. The van der Waals surface area contributed by atoms with Gasteiger partial charge >= 0.3 is 0 Å². The van der Waals surface area contributed by atoms with Gasteiger partial charge < -0.3 is 5.32 Å². The number of hydrogen-bond donors (Lipinski definition) is 1. The molecular formula is C29H20Cl4N4. The van der Waals surface area contributed by atoms with E-state index < -0.39 is 0 Å². The summed E-state index contributed by atoms with van der Waals surface area (Å²) < 4.78 is 0. The summed E-state index contributed by atoms with van der Waals surface area (Å²) >= 11 is 25.9. The Kier molecular flexibility index (Phi) is 7.44. The van der Waals surface area contributed by atoms with Crippen molar-refractivity contribution in [2.24, 2.45) is 0 Å². The number of pyridine rings is 1. The molecule has 0 unspecified atom stereocenters. The van der Waals surface area contributed by atoms with Gasteiger partial charge in [0.1, 0.15) is 17.5 Å². The number of nitrogens with one attached hydrogen (secondary N) is 1. The molecule has 0 saturated heterocycles. The highest BCUT2D eigenvalue weighted by molar-refractivity contribution is 6.44. The number of hydrogen-bond acceptors (Lipinski definition) is 4. The SMILES string of the molecule is CN1C/C(=C/c2cccc(Cl)c2Cl)c2nc(Nc3ccccc3)c(C#N)c(-c3cccc(Cl)c3Cl)c2C1. The Morgan fingerprint density at radius 1 is 0.892 bits per heavy atom. The van der Waals surface area contributed by atoms with Gasteiger partial charge in [0.05, 0.1) is 25.8 Å². The number of nitrogens with zero attached hydrogens (tertiary/aromatic N) is 3. The van der Waals surface area contributed by atoms with Gasteiger partial charge in [-0.3, -0.25) is 4.90 Å². The molecule has 0 atom stereocenters. The van der Waals surface area contributed by atoms with Gasteiger partial charge in [0.15, 0.2) is 0 Å². The van der Waals surface area contributed by atoms with E-state index in [1.807, 2.05) is 67.7 Å². The third-order valence-electron chi connectivity index (χ3n) is 6.15. The molecular weight excluding hydrogens is 546 g/mol. The molecule has 4 aromatic rings. The zero-order valence-corrected chi connectivity index (χ0v) is 22.7. The van der Waals surface area contributed by atoms with Crippen LogP contribution in [0.25, 0.3) is 22.8 Å². The zero-order chi connectivity index (χ0) is 26.1. The molecule has 1 aliphatic heterocycles. The van der Waals surface area contributed by atoms with Gasteiger partial charge in [-0.15, -0.1) is 0 Å². The van der Waals surface area contributed by atoms with Crippen LogP contribution in [0.15, 0.2) is 66.7 Å². The number of rotatable bonds is 4. The van der Waals surface area contributed by atoms with Crippen LogP contribution in [0.1, 0.15) is 22.4 Å². The lowest BCUT2D eigenvalue weighted by molar-refractivity contribution is 0.358. The number of aromatic nitrogens is 1. The first-order valence-corrected chi connectivity index (χ1v) is 13.0. The summed E-state index contributed by atoms with van der Waals surface area (Å²) in [5.41, 5.74) is 5.96. The van der Waals surface area contributed by atoms with E-state index in [1.165, 1.54) is 0 Å². The maximum absolute atomic E-state index is 10.4. The van der Waals surface area contributed by atoms with Crippen molar-refractivity contribution < 1.29 is 0 Å². The minimum atomic E-state index is 0.386. The Morgan fingerprint density at radius 3 is 2.32 bits per heavy atom. The van der Waals surface area contributed by atoms with E-state index >= 15 is 0 Å². The highest BCUT2D eigenvalue weighted by Crippen LogP contribution is 2.44. The third kappa shape index (κ3) is 5.07. The molecule has 4 nitrogen and oxygen atoms in total. The Balaban J connectivity index is 1.82. The van der Waals surface area contributed by atoms with Gasteiger partial charge in [0, 0.05) is 35.5 Å². The van der Waals surface area contributed by atoms with Crippen molar-refractivity contribution in [1.82, 2.24) is 9.88 Å². The first-order valence-electron chi connectivity index (χ1n) is 11.4. The molecule has 2 heterocycles. The second-order valence-electron chi connectivity index (χ2n) is 8.73. The number of nitriles is 1. The standard InChI is InChI=1S/C29H20Cl4N4/c1-37-15-18(13-17-7-5-11-23(30)26(17)32)28-22(16-37)25(20-10-6-12-24(31)27(20)33)21(14-34)29(36-28)35-19-8-3-2-4-9-19/h2-13H,15-16H2,1H3,(H,35,36)/b18-13-. The van der Waals surface area contributed by atoms with Crippen molar-refractivity contribution in [2.45, 2.75) is 6.54 Å². The van der Waals surface area contributed by atoms with Crippen LogP contribution in [-0.2, 0) is 6.54 Å². The fraction of sp³-hybridized carbons (Fsp3) is 0.103. The smallest absolute Gasteiger partial charge is 0.149 e. The molecule has 0 amide bonds. The average Bonchev–Trinajstić information content (AvgIpc) is 2.89. The summed E-state index contributed by atoms with van der Waals surface area (Å²) in [6.07, 6.45) is 2.00. The molecule has 0 fully saturated rings. The molecule has 1 aromatic heterocycles. The Morgan fingerprint density at radius 2 is 1.59 bits per heavy atom. The number of fused-ring (bicyclic) bond motifs is 1. The predicted molar refractivity (Wildman–Crippen MR) is 155 cm³/mol. The maximum Gasteiger partial charge on any atom is 0.149 e. The van der Waals surface area contributed by atoms with Gasteiger partial charge in [-0.25, -0.2) is 4.98 Å². The number of para-hydroxylation sites is 1. The molecule has 1 aliphatic rings. The highest BCUT2D eigenvalue weighted by Gasteiger charge is 2.29. The molecule has 3 aromatic carbocycles. The van der Waals surface area contributed by atoms with Gasteiger partial charge in [-0.2, -0.15) is 5.26 Å². The Bertz CT molecular complexity index is 1580. The van der Waals surface area contributed by atoms with Crippen LogP contribution in [-0.4, -0.2) is 23.5 Å². The highest BCUT2D eigenvalue weighted by atomic mass is 35.5. The van der Waals surface area contributed by atoms with E-state index in [0.29, 0.717) is 55.7 Å². The fourth-order valence-electron chi connectivity index (χ4n) is 4.52. The largest absolute Gasteiger partial charge is 0.339 e. The van der Waals surface area contributed by atoms with Crippen LogP contribution in [0, 0.1) is 11.3 Å². The molecule has 0 bridgehead atoms. The van der Waals surface area contributed by atoms with E-state index in [-0.39, 0.29) is 0 Å². The van der Waals surface area contributed by atoms with Crippen molar-refractivity contribution in [1.29, 1.82) is 5.26 Å². The van der Waals surface area contributed by atoms with Crippen LogP contribution < -0.4 is 5.32 Å². The van der Waals surface area contributed by atoms with Crippen molar-refractivity contribution in [3.63, 3.8) is 0 Å². The van der Waals surface area contributed by atoms with E-state index in [2.05, 4.69) is 16.3 Å². The Labute approximate surface area is 235 Å². The number of anilines is 2. The maximum atomic E-state index is 10.4. The molecule has 0 aliphatic carbocycles. The second kappa shape index (κ2) is 10.8. The molecule has 0 radical (unpaired) electrons. The minimum Gasteiger partial charge on any atom is -0.339 e. The molecule has 8 heteroatoms. The van der Waals surface area contributed by atoms with Gasteiger partial charge in [-0.05, 0) is 48.5 Å². The van der Waals surface area contributed by atoms with Crippen molar-refractivity contribution in [3.05, 3.63) is 109 Å². The summed E-state index contributed by atoms with van der Waals surface area (Å²) in [7, 11) is 2.02. The lowest BCUT2D eigenvalue weighted by atomic mass is 9.88. The van der Waals surface area contributed by atoms with Crippen LogP contribution in [0.2, 0.25) is 20.1 Å². The first kappa shape index (κ1) is 25.6. The van der Waals surface area contributed by atoms with Crippen LogP contribution in [0.5, 0.6) is 0 Å². The predicted octanol–water partition coefficient (Wildman–Crippen LogP) is 8.96. The minimum absolute atomic E-state index is 0.386. The monoisotopic (exact) mass is 564 g/mol. The molecule has 0 spiro atoms. The van der Waals surface area contributed by atoms with Crippen LogP contribution in [0.3, 0.4) is 0 Å². The normalized spacial score (nSPS) is 14.3. The van der Waals surface area contributed by atoms with Crippen molar-refractivity contribution >= 4 is 69.6 Å². The second-order valence-corrected chi connectivity index (χ2v) is 10.3. The number of benzene rings is 3. The van der Waals surface area contributed by atoms with E-state index in [9.17, 15) is 5.26 Å². The third-order valence-corrected chi connectivity index (χ3v) is 7.80. The van der Waals surface area contributed by atoms with Crippen molar-refractivity contribution in [2.75, 3.05) is 18.9 Å². The van der Waals surface area contributed by atoms with E-state index in [1.54, 1.807) is 12.1 Å². The quantitative estimate of drug-likeness (QED) is 0.268. The van der Waals surface area contributed by atoms with Crippen LogP contribution >= 0.6 is 46.4 Å². The zero-order valence-electron chi connectivity index (χ0n) is 19.7. The molecule has 5 rings (SSSR count). The molecule has 0 saturated carbocycles. The molecule has 37 heavy (non-hydrogen) atoms. The molecule has 1 N–H and O–H groups in total. The summed E-state index contributed by atoms with van der Waals surface area (Å²) in [6, 6.07) is 23.0. The van der Waals surface area contributed by atoms with Crippen molar-refractivity contribution in [3.8, 4) is 17.2 Å². The summed E-state index contributed by atoms with van der Waals surface area (Å²) in [5, 5.41) is 15.5. The van der Waals surface area contributed by atoms with Gasteiger partial charge in [0.2, 0.25) is 0 Å². The average molecular weight is 566 g/mol. The summed E-state index contributed by atoms with van der Waals surface area (Å²) in [4.78, 5) is 7.16. The summed E-state index contributed by atoms with van der Waals surface area (Å²) in [5.74, 6) is 0.436. The van der Waals surface area contributed by atoms with Gasteiger partial charge in [0.25, 0.3) is 0 Å². The lowest BCUT2D eigenvalue weighted by Gasteiger charge is -2.30. The Hall–Kier alpha value is -3.04. The van der Waals surface area contributed by atoms with E-state index in [0.717, 1.165) is 28.1 Å².